The van der Waals surface area contributed by atoms with Gasteiger partial charge in [-0.3, -0.25) is 0 Å². The molecule has 0 N–H and O–H groups in total. The zero-order valence-corrected chi connectivity index (χ0v) is 23.7. The molecule has 1 aliphatic carbocycles. The Morgan fingerprint density at radius 3 is 1.64 bits per heavy atom. The molecular weight excluding hydrogens is 436 g/mol. The summed E-state index contributed by atoms with van der Waals surface area (Å²) in [6.45, 7) is 5.42. The number of unbranched alkanes of at least 4 members (excludes halogenated alkanes) is 11. The van der Waals surface area contributed by atoms with E-state index in [0.717, 1.165) is 18.8 Å². The molecule has 1 fully saturated rings. The van der Waals surface area contributed by atoms with Crippen molar-refractivity contribution >= 4 is 0 Å². The Balaban J connectivity index is 1.48. The summed E-state index contributed by atoms with van der Waals surface area (Å²) in [5, 5.41) is 0. The van der Waals surface area contributed by atoms with E-state index in [1.165, 1.54) is 127 Å². The fourth-order valence-corrected chi connectivity index (χ4v) is 6.16. The van der Waals surface area contributed by atoms with Crippen LogP contribution in [-0.2, 0) is 5.41 Å². The third-order valence-corrected chi connectivity index (χ3v) is 8.52. The van der Waals surface area contributed by atoms with E-state index in [0.29, 0.717) is 5.41 Å². The Hall–Kier alpha value is -1.76. The number of hydrogen-bond donors (Lipinski definition) is 0. The predicted octanol–water partition coefficient (Wildman–Crippen LogP) is 11.4. The normalized spacial score (nSPS) is 15.2. The van der Waals surface area contributed by atoms with Crippen LogP contribution in [0.15, 0.2) is 48.5 Å². The van der Waals surface area contributed by atoms with Crippen molar-refractivity contribution in [3.63, 3.8) is 0 Å². The van der Waals surface area contributed by atoms with Gasteiger partial charge in [-0.2, -0.15) is 0 Å². The molecule has 0 saturated heterocycles. The van der Waals surface area contributed by atoms with Crippen molar-refractivity contribution in [2.24, 2.45) is 0 Å². The molecule has 36 heavy (non-hydrogen) atoms. The lowest BCUT2D eigenvalue weighted by molar-refractivity contribution is 0.265. The van der Waals surface area contributed by atoms with Crippen LogP contribution in [0.3, 0.4) is 0 Å². The van der Waals surface area contributed by atoms with Crippen LogP contribution in [0.4, 0.5) is 0 Å². The number of ether oxygens (including phenoxy) is 1. The van der Waals surface area contributed by atoms with Crippen molar-refractivity contribution in [3.05, 3.63) is 54.1 Å². The molecule has 0 bridgehead atoms. The average Bonchev–Trinajstić information content (AvgIpc) is 2.93. The van der Waals surface area contributed by atoms with Crippen LogP contribution in [0.5, 0.6) is 5.75 Å². The molecule has 0 atom stereocenters. The minimum atomic E-state index is 0.426. The Bertz CT molecular complexity index is 798. The quantitative estimate of drug-likeness (QED) is 0.189. The van der Waals surface area contributed by atoms with Crippen LogP contribution in [-0.4, -0.2) is 6.61 Å². The Labute approximate surface area is 223 Å². The van der Waals surface area contributed by atoms with Crippen LogP contribution in [0.25, 0.3) is 11.1 Å². The molecule has 2 aromatic carbocycles. The first-order valence-corrected chi connectivity index (χ1v) is 15.6. The van der Waals surface area contributed by atoms with E-state index in [-0.39, 0.29) is 0 Å². The van der Waals surface area contributed by atoms with Crippen molar-refractivity contribution in [2.75, 3.05) is 6.61 Å². The molecule has 200 valence electrons. The summed E-state index contributed by atoms with van der Waals surface area (Å²) in [6, 6.07) is 18.4. The van der Waals surface area contributed by atoms with Gasteiger partial charge in [-0.25, -0.2) is 0 Å². The van der Waals surface area contributed by atoms with E-state index in [1.807, 2.05) is 0 Å². The summed E-state index contributed by atoms with van der Waals surface area (Å²) in [5.74, 6) is 1.00. The Morgan fingerprint density at radius 2 is 1.06 bits per heavy atom. The fraction of sp³-hybridized carbons (Fsp3) is 0.657. The highest BCUT2D eigenvalue weighted by Gasteiger charge is 2.33. The molecule has 0 spiro atoms. The fourth-order valence-electron chi connectivity index (χ4n) is 6.16. The summed E-state index contributed by atoms with van der Waals surface area (Å²) >= 11 is 0. The van der Waals surface area contributed by atoms with E-state index in [1.54, 1.807) is 5.56 Å². The summed E-state index contributed by atoms with van der Waals surface area (Å²) < 4.78 is 6.00. The van der Waals surface area contributed by atoms with Gasteiger partial charge in [0.05, 0.1) is 6.61 Å². The van der Waals surface area contributed by atoms with Gasteiger partial charge in [-0.15, -0.1) is 0 Å². The van der Waals surface area contributed by atoms with Gasteiger partial charge in [-0.1, -0.05) is 147 Å². The maximum absolute atomic E-state index is 6.00. The van der Waals surface area contributed by atoms with Crippen molar-refractivity contribution in [1.29, 1.82) is 0 Å². The van der Waals surface area contributed by atoms with Gasteiger partial charge >= 0.3 is 0 Å². The van der Waals surface area contributed by atoms with Gasteiger partial charge in [0.1, 0.15) is 5.75 Å². The zero-order valence-electron chi connectivity index (χ0n) is 23.7. The molecule has 3 rings (SSSR count). The third-order valence-electron chi connectivity index (χ3n) is 8.52. The number of rotatable bonds is 18. The largest absolute Gasteiger partial charge is 0.494 e. The zero-order chi connectivity index (χ0) is 25.3. The van der Waals surface area contributed by atoms with Gasteiger partial charge in [0.15, 0.2) is 0 Å². The standard InChI is InChI=1S/C35H54O/c1-3-5-7-9-11-13-18-30-36-34-25-21-32(22-26-34)31-19-23-33(24-20-31)35(28-16-14-17-29-35)27-15-12-10-8-6-4-2/h19-26H,3-18,27-30H2,1-2H3. The lowest BCUT2D eigenvalue weighted by Gasteiger charge is -2.38. The van der Waals surface area contributed by atoms with Crippen LogP contribution >= 0.6 is 0 Å². The molecular formula is C35H54O. The number of benzene rings is 2. The first kappa shape index (κ1) is 28.8. The minimum Gasteiger partial charge on any atom is -0.494 e. The monoisotopic (exact) mass is 490 g/mol. The summed E-state index contributed by atoms with van der Waals surface area (Å²) in [5.41, 5.74) is 4.63. The van der Waals surface area contributed by atoms with Gasteiger partial charge in [-0.05, 0) is 59.9 Å². The van der Waals surface area contributed by atoms with Crippen LogP contribution < -0.4 is 4.74 Å². The van der Waals surface area contributed by atoms with E-state index < -0.39 is 0 Å². The van der Waals surface area contributed by atoms with E-state index >= 15 is 0 Å². The van der Waals surface area contributed by atoms with Crippen molar-refractivity contribution < 1.29 is 4.74 Å². The highest BCUT2D eigenvalue weighted by atomic mass is 16.5. The van der Waals surface area contributed by atoms with Crippen molar-refractivity contribution in [3.8, 4) is 16.9 Å². The molecule has 0 aliphatic heterocycles. The molecule has 1 aliphatic rings. The van der Waals surface area contributed by atoms with Crippen molar-refractivity contribution in [1.82, 2.24) is 0 Å². The topological polar surface area (TPSA) is 9.23 Å². The SMILES string of the molecule is CCCCCCCCCOc1ccc(-c2ccc(C3(CCCCCCCC)CCCCC3)cc2)cc1. The molecule has 0 radical (unpaired) electrons. The van der Waals surface area contributed by atoms with Gasteiger partial charge in [0.25, 0.3) is 0 Å². The Kier molecular flexibility index (Phi) is 13.5. The molecule has 2 aromatic rings. The van der Waals surface area contributed by atoms with Crippen LogP contribution in [0.1, 0.15) is 141 Å². The molecule has 0 amide bonds. The van der Waals surface area contributed by atoms with E-state index in [2.05, 4.69) is 62.4 Å². The van der Waals surface area contributed by atoms with E-state index in [9.17, 15) is 0 Å². The summed E-state index contributed by atoms with van der Waals surface area (Å²) in [6.07, 6.45) is 26.0. The molecule has 1 heteroatoms. The first-order chi connectivity index (χ1) is 17.8. The highest BCUT2D eigenvalue weighted by Crippen LogP contribution is 2.44. The highest BCUT2D eigenvalue weighted by molar-refractivity contribution is 5.64. The van der Waals surface area contributed by atoms with Crippen LogP contribution in [0, 0.1) is 0 Å². The van der Waals surface area contributed by atoms with E-state index in [4.69, 9.17) is 4.74 Å². The minimum absolute atomic E-state index is 0.426. The third kappa shape index (κ3) is 9.60. The predicted molar refractivity (Wildman–Crippen MR) is 158 cm³/mol. The second-order valence-electron chi connectivity index (χ2n) is 11.4. The second kappa shape index (κ2) is 16.9. The molecule has 0 aromatic heterocycles. The Morgan fingerprint density at radius 1 is 0.556 bits per heavy atom. The molecule has 0 unspecified atom stereocenters. The van der Waals surface area contributed by atoms with Crippen molar-refractivity contribution in [2.45, 2.75) is 141 Å². The van der Waals surface area contributed by atoms with Crippen LogP contribution in [0.2, 0.25) is 0 Å². The lowest BCUT2D eigenvalue weighted by atomic mass is 9.66. The molecule has 0 heterocycles. The number of hydrogen-bond acceptors (Lipinski definition) is 1. The van der Waals surface area contributed by atoms with Gasteiger partial charge in [0, 0.05) is 0 Å². The maximum Gasteiger partial charge on any atom is 0.119 e. The summed E-state index contributed by atoms with van der Waals surface area (Å²) in [4.78, 5) is 0. The summed E-state index contributed by atoms with van der Waals surface area (Å²) in [7, 11) is 0. The maximum atomic E-state index is 6.00. The smallest absolute Gasteiger partial charge is 0.119 e. The first-order valence-electron chi connectivity index (χ1n) is 15.6. The molecule has 1 saturated carbocycles. The van der Waals surface area contributed by atoms with Gasteiger partial charge < -0.3 is 4.74 Å². The lowest BCUT2D eigenvalue weighted by Crippen LogP contribution is -2.29. The molecule has 1 nitrogen and oxygen atoms in total. The van der Waals surface area contributed by atoms with Gasteiger partial charge in [0.2, 0.25) is 0 Å². The average molecular weight is 491 g/mol. The second-order valence-corrected chi connectivity index (χ2v) is 11.4.